The van der Waals surface area contributed by atoms with Crippen molar-refractivity contribution in [2.24, 2.45) is 0 Å². The molecule has 1 saturated carbocycles. The Labute approximate surface area is 249 Å². The minimum absolute atomic E-state index is 0.00129. The summed E-state index contributed by atoms with van der Waals surface area (Å²) in [5, 5.41) is 21.2. The van der Waals surface area contributed by atoms with Crippen LogP contribution in [0, 0.1) is 0 Å². The van der Waals surface area contributed by atoms with Gasteiger partial charge in [-0.3, -0.25) is 14.5 Å². The highest BCUT2D eigenvalue weighted by molar-refractivity contribution is 5.90. The summed E-state index contributed by atoms with van der Waals surface area (Å²) in [6, 6.07) is 16.1. The zero-order chi connectivity index (χ0) is 29.7. The van der Waals surface area contributed by atoms with Crippen molar-refractivity contribution in [3.05, 3.63) is 77.9 Å². The van der Waals surface area contributed by atoms with Crippen LogP contribution in [-0.4, -0.2) is 52.2 Å². The van der Waals surface area contributed by atoms with Gasteiger partial charge in [-0.15, -0.1) is 6.58 Å². The number of carboxylic acids is 1. The van der Waals surface area contributed by atoms with Crippen molar-refractivity contribution in [1.82, 2.24) is 4.90 Å². The van der Waals surface area contributed by atoms with E-state index >= 15 is 0 Å². The summed E-state index contributed by atoms with van der Waals surface area (Å²) in [7, 11) is 0. The van der Waals surface area contributed by atoms with Gasteiger partial charge in [0, 0.05) is 49.6 Å². The average molecular weight is 579 g/mol. The number of unbranched alkanes of at least 4 members (excludes halogenated alkanes) is 3. The minimum atomic E-state index is -0.779. The second-order valence-electron chi connectivity index (χ2n) is 11.5. The molecular formula is C34H46N2O6. The Balaban J connectivity index is 1.43. The first kappa shape index (κ1) is 31.9. The van der Waals surface area contributed by atoms with E-state index in [1.54, 1.807) is 0 Å². The average Bonchev–Trinajstić information content (AvgIpc) is 3.54. The maximum Gasteiger partial charge on any atom is 0.303 e. The molecule has 1 saturated heterocycles. The molecule has 8 nitrogen and oxygen atoms in total. The van der Waals surface area contributed by atoms with Crippen molar-refractivity contribution in [1.29, 1.82) is 0 Å². The molecular weight excluding hydrogens is 532 g/mol. The van der Waals surface area contributed by atoms with Crippen molar-refractivity contribution in [3.63, 3.8) is 0 Å². The normalized spacial score (nSPS) is 21.0. The van der Waals surface area contributed by atoms with E-state index in [4.69, 9.17) is 14.6 Å². The standard InChI is InChI=1S/C34H46N2O6/c1-2-20-36(29-12-7-8-13-29)23-30-22-31(26-18-16-25(24-37)17-19-26)42-34(41-30)27-10-9-11-28(21-27)35-32(38)14-5-3-4-6-15-33(39)40/h2,9-11,16-19,21,29-31,34,37H,1,3-8,12-15,20,22-24H2,(H,35,38)(H,39,40). The molecule has 0 aromatic heterocycles. The second-order valence-corrected chi connectivity index (χ2v) is 11.5. The predicted octanol–water partition coefficient (Wildman–Crippen LogP) is 6.52. The largest absolute Gasteiger partial charge is 0.481 e. The fourth-order valence-electron chi connectivity index (χ4n) is 6.00. The number of carbonyl (C=O) groups excluding carboxylic acids is 1. The Morgan fingerprint density at radius 3 is 2.40 bits per heavy atom. The van der Waals surface area contributed by atoms with Crippen LogP contribution in [0.5, 0.6) is 0 Å². The number of hydrogen-bond acceptors (Lipinski definition) is 6. The van der Waals surface area contributed by atoms with E-state index in [9.17, 15) is 14.7 Å². The third-order valence-electron chi connectivity index (χ3n) is 8.24. The van der Waals surface area contributed by atoms with Crippen LogP contribution in [0.1, 0.15) is 99.7 Å². The highest BCUT2D eigenvalue weighted by atomic mass is 16.7. The maximum atomic E-state index is 12.6. The van der Waals surface area contributed by atoms with Gasteiger partial charge in [0.05, 0.1) is 18.8 Å². The lowest BCUT2D eigenvalue weighted by Gasteiger charge is -2.39. The first-order valence-electron chi connectivity index (χ1n) is 15.4. The highest BCUT2D eigenvalue weighted by Crippen LogP contribution is 2.39. The second kappa shape index (κ2) is 16.6. The molecule has 1 aliphatic carbocycles. The first-order chi connectivity index (χ1) is 20.4. The van der Waals surface area contributed by atoms with E-state index in [0.29, 0.717) is 24.6 Å². The monoisotopic (exact) mass is 578 g/mol. The van der Waals surface area contributed by atoms with Crippen LogP contribution in [0.25, 0.3) is 0 Å². The Morgan fingerprint density at radius 2 is 1.71 bits per heavy atom. The quantitative estimate of drug-likeness (QED) is 0.154. The lowest BCUT2D eigenvalue weighted by atomic mass is 9.99. The number of carbonyl (C=O) groups is 2. The van der Waals surface area contributed by atoms with Gasteiger partial charge in [-0.25, -0.2) is 0 Å². The molecule has 3 N–H and O–H groups in total. The molecule has 2 aromatic rings. The van der Waals surface area contributed by atoms with Crippen LogP contribution in [0.15, 0.2) is 61.2 Å². The van der Waals surface area contributed by atoms with Crippen LogP contribution in [0.4, 0.5) is 5.69 Å². The molecule has 2 aromatic carbocycles. The fourth-order valence-corrected chi connectivity index (χ4v) is 6.00. The molecule has 2 aliphatic rings. The summed E-state index contributed by atoms with van der Waals surface area (Å²) in [6.45, 7) is 5.62. The maximum absolute atomic E-state index is 12.6. The Hall–Kier alpha value is -3.04. The predicted molar refractivity (Wildman–Crippen MR) is 163 cm³/mol. The molecule has 8 heteroatoms. The Bertz CT molecular complexity index is 1150. The third-order valence-corrected chi connectivity index (χ3v) is 8.24. The van der Waals surface area contributed by atoms with Crippen LogP contribution in [0.3, 0.4) is 0 Å². The van der Waals surface area contributed by atoms with E-state index < -0.39 is 12.3 Å². The summed E-state index contributed by atoms with van der Waals surface area (Å²) in [4.78, 5) is 25.7. The molecule has 228 valence electrons. The lowest BCUT2D eigenvalue weighted by Crippen LogP contribution is -2.43. The molecule has 1 aliphatic heterocycles. The van der Waals surface area contributed by atoms with Gasteiger partial charge in [-0.2, -0.15) is 0 Å². The number of carboxylic acid groups (broad SMARTS) is 1. The van der Waals surface area contributed by atoms with Crippen molar-refractivity contribution in [2.45, 2.75) is 102 Å². The zero-order valence-electron chi connectivity index (χ0n) is 24.6. The van der Waals surface area contributed by atoms with Gasteiger partial charge < -0.3 is 25.0 Å². The van der Waals surface area contributed by atoms with Crippen molar-refractivity contribution in [2.75, 3.05) is 18.4 Å². The third kappa shape index (κ3) is 9.76. The molecule has 0 spiro atoms. The topological polar surface area (TPSA) is 108 Å². The molecule has 4 rings (SSSR count). The number of anilines is 1. The highest BCUT2D eigenvalue weighted by Gasteiger charge is 2.34. The molecule has 2 fully saturated rings. The number of aliphatic hydroxyl groups excluding tert-OH is 1. The minimum Gasteiger partial charge on any atom is -0.481 e. The molecule has 1 amide bonds. The SMILES string of the molecule is C=CCN(CC1CC(c2ccc(CO)cc2)OC(c2cccc(NC(=O)CCCCCCC(=O)O)c2)O1)C1CCCC1. The van der Waals surface area contributed by atoms with Crippen molar-refractivity contribution >= 4 is 17.6 Å². The molecule has 3 atom stereocenters. The van der Waals surface area contributed by atoms with Gasteiger partial charge in [-0.05, 0) is 48.9 Å². The van der Waals surface area contributed by atoms with E-state index in [-0.39, 0.29) is 31.1 Å². The van der Waals surface area contributed by atoms with Gasteiger partial charge in [-0.1, -0.05) is 68.2 Å². The molecule has 1 heterocycles. The molecule has 3 unspecified atom stereocenters. The van der Waals surface area contributed by atoms with Gasteiger partial charge in [0.1, 0.15) is 0 Å². The number of amides is 1. The van der Waals surface area contributed by atoms with E-state index in [1.165, 1.54) is 25.7 Å². The summed E-state index contributed by atoms with van der Waals surface area (Å²) < 4.78 is 13.1. The lowest BCUT2D eigenvalue weighted by molar-refractivity contribution is -0.253. The smallest absolute Gasteiger partial charge is 0.303 e. The first-order valence-corrected chi connectivity index (χ1v) is 15.4. The number of ether oxygens (including phenoxy) is 2. The van der Waals surface area contributed by atoms with Crippen LogP contribution in [-0.2, 0) is 25.7 Å². The zero-order valence-corrected chi connectivity index (χ0v) is 24.6. The van der Waals surface area contributed by atoms with E-state index in [0.717, 1.165) is 55.5 Å². The van der Waals surface area contributed by atoms with Gasteiger partial charge >= 0.3 is 5.97 Å². The molecule has 0 bridgehead atoms. The van der Waals surface area contributed by atoms with Crippen LogP contribution >= 0.6 is 0 Å². The number of aliphatic carboxylic acids is 1. The number of rotatable bonds is 16. The fraction of sp³-hybridized carbons (Fsp3) is 0.529. The Morgan fingerprint density at radius 1 is 0.976 bits per heavy atom. The summed E-state index contributed by atoms with van der Waals surface area (Å²) in [5.74, 6) is -0.842. The van der Waals surface area contributed by atoms with Crippen molar-refractivity contribution < 1.29 is 29.3 Å². The number of aliphatic hydroxyl groups is 1. The van der Waals surface area contributed by atoms with Gasteiger partial charge in [0.2, 0.25) is 5.91 Å². The summed E-state index contributed by atoms with van der Waals surface area (Å²) >= 11 is 0. The van der Waals surface area contributed by atoms with Crippen molar-refractivity contribution in [3.8, 4) is 0 Å². The number of hydrogen-bond donors (Lipinski definition) is 3. The van der Waals surface area contributed by atoms with Gasteiger partial charge in [0.15, 0.2) is 6.29 Å². The summed E-state index contributed by atoms with van der Waals surface area (Å²) in [5.41, 5.74) is 3.45. The number of nitrogens with zero attached hydrogens (tertiary/aromatic N) is 1. The van der Waals surface area contributed by atoms with Crippen LogP contribution < -0.4 is 5.32 Å². The van der Waals surface area contributed by atoms with Gasteiger partial charge in [0.25, 0.3) is 0 Å². The number of benzene rings is 2. The molecule has 42 heavy (non-hydrogen) atoms. The van der Waals surface area contributed by atoms with E-state index in [2.05, 4.69) is 16.8 Å². The Kier molecular flexibility index (Phi) is 12.6. The van der Waals surface area contributed by atoms with E-state index in [1.807, 2.05) is 54.6 Å². The molecule has 0 radical (unpaired) electrons. The van der Waals surface area contributed by atoms with Crippen LogP contribution in [0.2, 0.25) is 0 Å². The number of nitrogens with one attached hydrogen (secondary N) is 1. The summed E-state index contributed by atoms with van der Waals surface area (Å²) in [6.07, 6.45) is 10.4.